The predicted octanol–water partition coefficient (Wildman–Crippen LogP) is 2.84. The molecule has 0 saturated carbocycles. The van der Waals surface area contributed by atoms with Crippen LogP contribution in [0, 0.1) is 0 Å². The summed E-state index contributed by atoms with van der Waals surface area (Å²) in [4.78, 5) is 11.6. The Bertz CT molecular complexity index is 398. The number of hydrogen-bond acceptors (Lipinski definition) is 3. The maximum absolute atomic E-state index is 11.6. The van der Waals surface area contributed by atoms with Crippen LogP contribution in [0.1, 0.15) is 25.5 Å². The molecule has 1 unspecified atom stereocenters. The van der Waals surface area contributed by atoms with Gasteiger partial charge in [0.15, 0.2) is 0 Å². The zero-order chi connectivity index (χ0) is 14.1. The summed E-state index contributed by atoms with van der Waals surface area (Å²) < 4.78 is 0. The van der Waals surface area contributed by atoms with Crippen LogP contribution in [-0.2, 0) is 0 Å². The molecule has 0 spiro atoms. The monoisotopic (exact) mass is 281 g/mol. The molecule has 1 aromatic rings. The van der Waals surface area contributed by atoms with Crippen molar-refractivity contribution in [1.82, 2.24) is 10.6 Å². The summed E-state index contributed by atoms with van der Waals surface area (Å²) in [6.07, 6.45) is 2.02. The van der Waals surface area contributed by atoms with Crippen molar-refractivity contribution in [2.45, 2.75) is 19.9 Å². The lowest BCUT2D eigenvalue weighted by Crippen LogP contribution is -2.30. The van der Waals surface area contributed by atoms with E-state index in [4.69, 9.17) is 0 Å². The van der Waals surface area contributed by atoms with Gasteiger partial charge in [-0.05, 0) is 37.4 Å². The first kappa shape index (κ1) is 15.9. The molecule has 1 aromatic carbocycles. The molecule has 19 heavy (non-hydrogen) atoms. The van der Waals surface area contributed by atoms with E-state index in [9.17, 15) is 4.79 Å². The average Bonchev–Trinajstić information content (AvgIpc) is 2.39. The van der Waals surface area contributed by atoms with Crippen molar-refractivity contribution in [2.24, 2.45) is 0 Å². The van der Waals surface area contributed by atoms with E-state index in [0.29, 0.717) is 6.54 Å². The van der Waals surface area contributed by atoms with E-state index < -0.39 is 0 Å². The van der Waals surface area contributed by atoms with Crippen molar-refractivity contribution in [3.63, 3.8) is 0 Å². The first-order valence-electron chi connectivity index (χ1n) is 6.54. The Kier molecular flexibility index (Phi) is 7.36. The lowest BCUT2D eigenvalue weighted by Gasteiger charge is -2.14. The van der Waals surface area contributed by atoms with Crippen LogP contribution in [0.3, 0.4) is 0 Å². The normalized spacial score (nSPS) is 11.9. The molecule has 3 N–H and O–H groups in total. The van der Waals surface area contributed by atoms with E-state index in [0.717, 1.165) is 18.0 Å². The van der Waals surface area contributed by atoms with Gasteiger partial charge >= 0.3 is 6.03 Å². The molecule has 0 radical (unpaired) electrons. The molecule has 2 amide bonds. The fourth-order valence-corrected chi connectivity index (χ4v) is 2.06. The maximum atomic E-state index is 11.6. The van der Waals surface area contributed by atoms with Crippen molar-refractivity contribution in [3.8, 4) is 0 Å². The Balaban J connectivity index is 2.54. The zero-order valence-electron chi connectivity index (χ0n) is 11.8. The SMILES string of the molecule is CCNC(C)c1cccc(NC(=O)NCCSC)c1. The Morgan fingerprint density at radius 2 is 2.21 bits per heavy atom. The van der Waals surface area contributed by atoms with E-state index in [1.165, 1.54) is 5.56 Å². The number of carbonyl (C=O) groups is 1. The Morgan fingerprint density at radius 1 is 1.42 bits per heavy atom. The standard InChI is InChI=1S/C14H23N3OS/c1-4-15-11(2)12-6-5-7-13(10-12)17-14(18)16-8-9-19-3/h5-7,10-11,15H,4,8-9H2,1-3H3,(H2,16,17,18). The molecule has 0 aliphatic rings. The highest BCUT2D eigenvalue weighted by Gasteiger charge is 2.06. The molecular formula is C14H23N3OS. The summed E-state index contributed by atoms with van der Waals surface area (Å²) in [5.74, 6) is 0.922. The fraction of sp³-hybridized carbons (Fsp3) is 0.500. The van der Waals surface area contributed by atoms with Crippen LogP contribution in [0.25, 0.3) is 0 Å². The van der Waals surface area contributed by atoms with Gasteiger partial charge in [0.05, 0.1) is 0 Å². The maximum Gasteiger partial charge on any atom is 0.319 e. The highest BCUT2D eigenvalue weighted by molar-refractivity contribution is 7.98. The molecular weight excluding hydrogens is 258 g/mol. The van der Waals surface area contributed by atoms with E-state index in [-0.39, 0.29) is 12.1 Å². The molecule has 0 saturated heterocycles. The van der Waals surface area contributed by atoms with Crippen molar-refractivity contribution in [2.75, 3.05) is 30.4 Å². The van der Waals surface area contributed by atoms with Gasteiger partial charge in [-0.3, -0.25) is 0 Å². The molecule has 0 bridgehead atoms. The third-order valence-electron chi connectivity index (χ3n) is 2.75. The second-order valence-electron chi connectivity index (χ2n) is 4.28. The quantitative estimate of drug-likeness (QED) is 0.674. The van der Waals surface area contributed by atoms with Crippen LogP contribution in [0.4, 0.5) is 10.5 Å². The molecule has 0 fully saturated rings. The van der Waals surface area contributed by atoms with E-state index in [2.05, 4.69) is 35.9 Å². The average molecular weight is 281 g/mol. The van der Waals surface area contributed by atoms with Crippen molar-refractivity contribution in [1.29, 1.82) is 0 Å². The van der Waals surface area contributed by atoms with Crippen LogP contribution in [0.2, 0.25) is 0 Å². The van der Waals surface area contributed by atoms with Gasteiger partial charge in [-0.25, -0.2) is 4.79 Å². The minimum Gasteiger partial charge on any atom is -0.337 e. The molecule has 106 valence electrons. The summed E-state index contributed by atoms with van der Waals surface area (Å²) in [6, 6.07) is 8.05. The molecule has 1 atom stereocenters. The number of anilines is 1. The summed E-state index contributed by atoms with van der Waals surface area (Å²) in [5, 5.41) is 9.02. The van der Waals surface area contributed by atoms with Crippen molar-refractivity contribution < 1.29 is 4.79 Å². The summed E-state index contributed by atoms with van der Waals surface area (Å²) in [5.41, 5.74) is 1.99. The van der Waals surface area contributed by atoms with Gasteiger partial charge < -0.3 is 16.0 Å². The molecule has 0 aliphatic carbocycles. The van der Waals surface area contributed by atoms with Gasteiger partial charge in [0, 0.05) is 24.0 Å². The number of nitrogens with one attached hydrogen (secondary N) is 3. The highest BCUT2D eigenvalue weighted by atomic mass is 32.2. The number of amides is 2. The summed E-state index contributed by atoms with van der Waals surface area (Å²) >= 11 is 1.71. The van der Waals surface area contributed by atoms with Gasteiger partial charge in [-0.2, -0.15) is 11.8 Å². The number of benzene rings is 1. The van der Waals surface area contributed by atoms with E-state index in [1.807, 2.05) is 24.5 Å². The van der Waals surface area contributed by atoms with E-state index in [1.54, 1.807) is 11.8 Å². The molecule has 0 heterocycles. The Labute approximate surface area is 119 Å². The molecule has 5 heteroatoms. The first-order chi connectivity index (χ1) is 9.17. The predicted molar refractivity (Wildman–Crippen MR) is 83.9 cm³/mol. The minimum absolute atomic E-state index is 0.151. The largest absolute Gasteiger partial charge is 0.337 e. The Hall–Kier alpha value is -1.20. The second kappa shape index (κ2) is 8.82. The molecule has 0 aromatic heterocycles. The first-order valence-corrected chi connectivity index (χ1v) is 7.94. The minimum atomic E-state index is -0.151. The zero-order valence-corrected chi connectivity index (χ0v) is 12.6. The molecule has 0 aliphatic heterocycles. The highest BCUT2D eigenvalue weighted by Crippen LogP contribution is 2.17. The Morgan fingerprint density at radius 3 is 2.89 bits per heavy atom. The van der Waals surface area contributed by atoms with Gasteiger partial charge in [-0.1, -0.05) is 19.1 Å². The van der Waals surface area contributed by atoms with Crippen LogP contribution in [0.5, 0.6) is 0 Å². The molecule has 1 rings (SSSR count). The summed E-state index contributed by atoms with van der Waals surface area (Å²) in [7, 11) is 0. The third kappa shape index (κ3) is 5.98. The third-order valence-corrected chi connectivity index (χ3v) is 3.36. The number of hydrogen-bond donors (Lipinski definition) is 3. The van der Waals surface area contributed by atoms with Crippen LogP contribution >= 0.6 is 11.8 Å². The van der Waals surface area contributed by atoms with Gasteiger partial charge in [0.1, 0.15) is 0 Å². The number of carbonyl (C=O) groups excluding carboxylic acids is 1. The topological polar surface area (TPSA) is 53.2 Å². The number of thioether (sulfide) groups is 1. The van der Waals surface area contributed by atoms with Crippen LogP contribution < -0.4 is 16.0 Å². The van der Waals surface area contributed by atoms with E-state index >= 15 is 0 Å². The van der Waals surface area contributed by atoms with Gasteiger partial charge in [0.2, 0.25) is 0 Å². The van der Waals surface area contributed by atoms with Gasteiger partial charge in [-0.15, -0.1) is 0 Å². The fourth-order valence-electron chi connectivity index (χ4n) is 1.75. The lowest BCUT2D eigenvalue weighted by molar-refractivity contribution is 0.252. The van der Waals surface area contributed by atoms with Crippen molar-refractivity contribution in [3.05, 3.63) is 29.8 Å². The molecule has 4 nitrogen and oxygen atoms in total. The number of rotatable bonds is 7. The second-order valence-corrected chi connectivity index (χ2v) is 5.26. The van der Waals surface area contributed by atoms with Crippen LogP contribution in [-0.4, -0.2) is 31.1 Å². The van der Waals surface area contributed by atoms with Gasteiger partial charge in [0.25, 0.3) is 0 Å². The van der Waals surface area contributed by atoms with Crippen molar-refractivity contribution >= 4 is 23.5 Å². The lowest BCUT2D eigenvalue weighted by atomic mass is 10.1. The van der Waals surface area contributed by atoms with Crippen LogP contribution in [0.15, 0.2) is 24.3 Å². The smallest absolute Gasteiger partial charge is 0.319 e. The summed E-state index contributed by atoms with van der Waals surface area (Å²) in [6.45, 7) is 5.80. The number of urea groups is 1.